The van der Waals surface area contributed by atoms with Gasteiger partial charge < -0.3 is 10.4 Å². The monoisotopic (exact) mass is 273 g/mol. The predicted molar refractivity (Wildman–Crippen MR) is 78.9 cm³/mol. The summed E-state index contributed by atoms with van der Waals surface area (Å²) in [6.07, 6.45) is 0. The van der Waals surface area contributed by atoms with Crippen LogP contribution in [0.4, 0.5) is 4.39 Å². The summed E-state index contributed by atoms with van der Waals surface area (Å²) in [6, 6.07) is 14.1. The van der Waals surface area contributed by atoms with Crippen LogP contribution in [0.15, 0.2) is 48.5 Å². The maximum absolute atomic E-state index is 12.9. The molecular weight excluding hydrogens is 253 g/mol. The molecule has 0 fully saturated rings. The Balaban J connectivity index is 1.96. The van der Waals surface area contributed by atoms with Crippen molar-refractivity contribution >= 4 is 0 Å². The largest absolute Gasteiger partial charge is 0.384 e. The molecule has 1 atom stereocenters. The minimum absolute atomic E-state index is 0.294. The van der Waals surface area contributed by atoms with Crippen molar-refractivity contribution in [1.29, 1.82) is 0 Å². The van der Waals surface area contributed by atoms with Crippen LogP contribution >= 0.6 is 0 Å². The van der Waals surface area contributed by atoms with Gasteiger partial charge in [0.05, 0.1) is 5.60 Å². The average molecular weight is 273 g/mol. The molecule has 0 heterocycles. The standard InChI is InChI=1S/C17H20FNO/c1-13-5-3-4-6-14(13)11-19-12-17(2,20)15-7-9-16(18)10-8-15/h3-10,19-20H,11-12H2,1-2H3. The van der Waals surface area contributed by atoms with E-state index in [9.17, 15) is 9.50 Å². The summed E-state index contributed by atoms with van der Waals surface area (Å²) in [7, 11) is 0. The molecule has 2 nitrogen and oxygen atoms in total. The lowest BCUT2D eigenvalue weighted by atomic mass is 9.96. The van der Waals surface area contributed by atoms with Gasteiger partial charge in [-0.25, -0.2) is 4.39 Å². The average Bonchev–Trinajstić information content (AvgIpc) is 2.41. The fourth-order valence-electron chi connectivity index (χ4n) is 2.16. The second-order valence-electron chi connectivity index (χ2n) is 5.31. The maximum atomic E-state index is 12.9. The van der Waals surface area contributed by atoms with E-state index in [2.05, 4.69) is 24.4 Å². The number of hydrogen-bond donors (Lipinski definition) is 2. The summed E-state index contributed by atoms with van der Waals surface area (Å²) in [5.74, 6) is -0.294. The fraction of sp³-hybridized carbons (Fsp3) is 0.294. The lowest BCUT2D eigenvalue weighted by Crippen LogP contribution is -2.35. The third kappa shape index (κ3) is 3.65. The molecule has 20 heavy (non-hydrogen) atoms. The number of hydrogen-bond acceptors (Lipinski definition) is 2. The number of halogens is 1. The molecule has 2 aromatic carbocycles. The zero-order chi connectivity index (χ0) is 14.6. The van der Waals surface area contributed by atoms with Crippen molar-refractivity contribution in [3.8, 4) is 0 Å². The van der Waals surface area contributed by atoms with Gasteiger partial charge in [-0.3, -0.25) is 0 Å². The molecule has 0 saturated carbocycles. The minimum atomic E-state index is -1.02. The minimum Gasteiger partial charge on any atom is -0.384 e. The molecule has 0 saturated heterocycles. The van der Waals surface area contributed by atoms with Gasteiger partial charge in [0, 0.05) is 13.1 Å². The molecule has 0 spiro atoms. The van der Waals surface area contributed by atoms with Crippen molar-refractivity contribution in [3.05, 3.63) is 71.0 Å². The van der Waals surface area contributed by atoms with E-state index in [-0.39, 0.29) is 5.82 Å². The molecule has 2 N–H and O–H groups in total. The predicted octanol–water partition coefficient (Wildman–Crippen LogP) is 3.13. The quantitative estimate of drug-likeness (QED) is 0.877. The van der Waals surface area contributed by atoms with Crippen LogP contribution in [0.25, 0.3) is 0 Å². The first kappa shape index (κ1) is 14.7. The van der Waals surface area contributed by atoms with E-state index in [0.717, 1.165) is 0 Å². The lowest BCUT2D eigenvalue weighted by Gasteiger charge is -2.24. The molecule has 106 valence electrons. The van der Waals surface area contributed by atoms with Gasteiger partial charge in [-0.05, 0) is 42.7 Å². The van der Waals surface area contributed by atoms with Gasteiger partial charge in [0.2, 0.25) is 0 Å². The number of aryl methyl sites for hydroxylation is 1. The van der Waals surface area contributed by atoms with Gasteiger partial charge in [-0.2, -0.15) is 0 Å². The Hall–Kier alpha value is -1.71. The maximum Gasteiger partial charge on any atom is 0.123 e. The first-order valence-electron chi connectivity index (χ1n) is 6.73. The molecule has 3 heteroatoms. The van der Waals surface area contributed by atoms with E-state index in [4.69, 9.17) is 0 Å². The topological polar surface area (TPSA) is 32.3 Å². The van der Waals surface area contributed by atoms with E-state index < -0.39 is 5.60 Å². The first-order valence-corrected chi connectivity index (χ1v) is 6.73. The summed E-state index contributed by atoms with van der Waals surface area (Å²) >= 11 is 0. The molecule has 0 aliphatic rings. The molecule has 0 amide bonds. The Labute approximate surface area is 119 Å². The Morgan fingerprint density at radius 1 is 1.10 bits per heavy atom. The molecule has 1 unspecified atom stereocenters. The van der Waals surface area contributed by atoms with Crippen molar-refractivity contribution < 1.29 is 9.50 Å². The number of rotatable bonds is 5. The third-order valence-corrected chi connectivity index (χ3v) is 3.51. The molecule has 2 aromatic rings. The Bertz CT molecular complexity index is 563. The Morgan fingerprint density at radius 3 is 2.40 bits per heavy atom. The SMILES string of the molecule is Cc1ccccc1CNCC(C)(O)c1ccc(F)cc1. The van der Waals surface area contributed by atoms with Gasteiger partial charge in [0.15, 0.2) is 0 Å². The lowest BCUT2D eigenvalue weighted by molar-refractivity contribution is 0.0566. The Morgan fingerprint density at radius 2 is 1.75 bits per heavy atom. The summed E-state index contributed by atoms with van der Waals surface area (Å²) in [5.41, 5.74) is 2.12. The van der Waals surface area contributed by atoms with Crippen LogP contribution in [-0.4, -0.2) is 11.7 Å². The van der Waals surface area contributed by atoms with Crippen LogP contribution in [-0.2, 0) is 12.1 Å². The van der Waals surface area contributed by atoms with E-state index in [1.807, 2.05) is 12.1 Å². The second kappa shape index (κ2) is 6.16. The zero-order valence-electron chi connectivity index (χ0n) is 11.9. The van der Waals surface area contributed by atoms with Crippen LogP contribution in [0.1, 0.15) is 23.6 Å². The molecule has 0 bridgehead atoms. The van der Waals surface area contributed by atoms with Crippen molar-refractivity contribution in [1.82, 2.24) is 5.32 Å². The molecule has 0 radical (unpaired) electrons. The van der Waals surface area contributed by atoms with E-state index in [0.29, 0.717) is 18.7 Å². The van der Waals surface area contributed by atoms with Gasteiger partial charge in [-0.1, -0.05) is 36.4 Å². The smallest absolute Gasteiger partial charge is 0.123 e. The summed E-state index contributed by atoms with van der Waals surface area (Å²) in [6.45, 7) is 4.90. The molecular formula is C17H20FNO. The van der Waals surface area contributed by atoms with Crippen LogP contribution in [0.2, 0.25) is 0 Å². The highest BCUT2D eigenvalue weighted by Crippen LogP contribution is 2.20. The normalized spacial score (nSPS) is 14.0. The molecule has 0 aromatic heterocycles. The van der Waals surface area contributed by atoms with Crippen molar-refractivity contribution in [2.24, 2.45) is 0 Å². The fourth-order valence-corrected chi connectivity index (χ4v) is 2.16. The highest BCUT2D eigenvalue weighted by atomic mass is 19.1. The van der Waals surface area contributed by atoms with E-state index in [1.54, 1.807) is 19.1 Å². The molecule has 0 aliphatic heterocycles. The van der Waals surface area contributed by atoms with Gasteiger partial charge in [-0.15, -0.1) is 0 Å². The number of benzene rings is 2. The summed E-state index contributed by atoms with van der Waals surface area (Å²) in [4.78, 5) is 0. The van der Waals surface area contributed by atoms with Gasteiger partial charge >= 0.3 is 0 Å². The van der Waals surface area contributed by atoms with Crippen LogP contribution in [0.5, 0.6) is 0 Å². The third-order valence-electron chi connectivity index (χ3n) is 3.51. The number of nitrogens with one attached hydrogen (secondary N) is 1. The van der Waals surface area contributed by atoms with Crippen LogP contribution in [0, 0.1) is 12.7 Å². The highest BCUT2D eigenvalue weighted by Gasteiger charge is 2.22. The van der Waals surface area contributed by atoms with Crippen molar-refractivity contribution in [2.75, 3.05) is 6.54 Å². The van der Waals surface area contributed by atoms with Crippen molar-refractivity contribution in [3.63, 3.8) is 0 Å². The molecule has 2 rings (SSSR count). The summed E-state index contributed by atoms with van der Waals surface area (Å²) in [5, 5.41) is 13.7. The van der Waals surface area contributed by atoms with Gasteiger partial charge in [0.1, 0.15) is 5.82 Å². The Kier molecular flexibility index (Phi) is 4.53. The number of aliphatic hydroxyl groups is 1. The van der Waals surface area contributed by atoms with Crippen molar-refractivity contribution in [2.45, 2.75) is 26.0 Å². The first-order chi connectivity index (χ1) is 9.49. The molecule has 0 aliphatic carbocycles. The van der Waals surface area contributed by atoms with Crippen LogP contribution < -0.4 is 5.32 Å². The highest BCUT2D eigenvalue weighted by molar-refractivity contribution is 5.26. The van der Waals surface area contributed by atoms with Gasteiger partial charge in [0.25, 0.3) is 0 Å². The zero-order valence-corrected chi connectivity index (χ0v) is 11.9. The van der Waals surface area contributed by atoms with E-state index in [1.165, 1.54) is 23.3 Å². The van der Waals surface area contributed by atoms with Crippen LogP contribution in [0.3, 0.4) is 0 Å². The van der Waals surface area contributed by atoms with E-state index >= 15 is 0 Å². The summed E-state index contributed by atoms with van der Waals surface area (Å²) < 4.78 is 12.9. The second-order valence-corrected chi connectivity index (χ2v) is 5.31.